The molecule has 2 aromatic rings. The number of hydrogen-bond acceptors (Lipinski definition) is 6. The van der Waals surface area contributed by atoms with Crippen molar-refractivity contribution in [1.82, 2.24) is 20.1 Å². The van der Waals surface area contributed by atoms with Gasteiger partial charge in [-0.05, 0) is 12.3 Å². The van der Waals surface area contributed by atoms with E-state index in [2.05, 4.69) is 15.2 Å². The molecule has 1 aromatic carbocycles. The molecule has 1 amide bonds. The summed E-state index contributed by atoms with van der Waals surface area (Å²) in [6, 6.07) is 9.43. The molecule has 1 saturated heterocycles. The molecule has 0 radical (unpaired) electrons. The maximum Gasteiger partial charge on any atom is 0.233 e. The van der Waals surface area contributed by atoms with Crippen molar-refractivity contribution in [1.29, 1.82) is 0 Å². The number of rotatable bonds is 7. The van der Waals surface area contributed by atoms with Crippen LogP contribution in [0.3, 0.4) is 0 Å². The monoisotopic (exact) mass is 408 g/mol. The van der Waals surface area contributed by atoms with Gasteiger partial charge in [0.25, 0.3) is 0 Å². The van der Waals surface area contributed by atoms with E-state index in [4.69, 9.17) is 0 Å². The van der Waals surface area contributed by atoms with E-state index in [9.17, 15) is 13.2 Å². The van der Waals surface area contributed by atoms with Crippen LogP contribution in [0.2, 0.25) is 0 Å². The Labute approximate surface area is 163 Å². The van der Waals surface area contributed by atoms with Crippen molar-refractivity contribution in [3.8, 4) is 11.4 Å². The first-order valence-corrected chi connectivity index (χ1v) is 11.8. The molecule has 9 heteroatoms. The Morgan fingerprint density at radius 3 is 2.70 bits per heavy atom. The van der Waals surface area contributed by atoms with Gasteiger partial charge in [-0.15, -0.1) is 5.10 Å². The second-order valence-electron chi connectivity index (χ2n) is 7.12. The Morgan fingerprint density at radius 2 is 2.07 bits per heavy atom. The number of carbonyl (C=O) groups excluding carboxylic acids is 1. The second-order valence-corrected chi connectivity index (χ2v) is 10.3. The van der Waals surface area contributed by atoms with Crippen LogP contribution in [0.5, 0.6) is 0 Å². The van der Waals surface area contributed by atoms with Crippen LogP contribution >= 0.6 is 11.8 Å². The molecule has 3 rings (SSSR count). The molecule has 0 saturated carbocycles. The van der Waals surface area contributed by atoms with Gasteiger partial charge in [-0.25, -0.2) is 13.4 Å². The number of nitrogens with zero attached hydrogens (tertiary/aromatic N) is 3. The summed E-state index contributed by atoms with van der Waals surface area (Å²) in [4.78, 5) is 18.9. The molecular weight excluding hydrogens is 384 g/mol. The van der Waals surface area contributed by atoms with Gasteiger partial charge in [-0.2, -0.15) is 0 Å². The third-order valence-electron chi connectivity index (χ3n) is 4.37. The summed E-state index contributed by atoms with van der Waals surface area (Å²) in [5.74, 6) is 1.28. The number of aromatic amines is 1. The van der Waals surface area contributed by atoms with E-state index in [1.54, 1.807) is 4.90 Å². The minimum atomic E-state index is -3.03. The van der Waals surface area contributed by atoms with Crippen molar-refractivity contribution in [2.75, 3.05) is 23.8 Å². The summed E-state index contributed by atoms with van der Waals surface area (Å²) in [6.07, 6.45) is 0.518. The zero-order valence-corrected chi connectivity index (χ0v) is 17.1. The Hall–Kier alpha value is -1.87. The van der Waals surface area contributed by atoms with E-state index >= 15 is 0 Å². The fourth-order valence-electron chi connectivity index (χ4n) is 3.11. The van der Waals surface area contributed by atoms with E-state index in [1.165, 1.54) is 11.8 Å². The van der Waals surface area contributed by atoms with Crippen molar-refractivity contribution in [2.45, 2.75) is 31.5 Å². The Balaban J connectivity index is 1.63. The molecule has 1 aliphatic rings. The molecular formula is C18H24N4O3S2. The normalized spacial score (nSPS) is 18.7. The summed E-state index contributed by atoms with van der Waals surface area (Å²) >= 11 is 1.26. The molecule has 2 heterocycles. The number of benzene rings is 1. The smallest absolute Gasteiger partial charge is 0.233 e. The quantitative estimate of drug-likeness (QED) is 0.706. The standard InChI is InChI=1S/C18H24N4O3S2/c1-13(2)10-22(15-8-9-27(24,25)12-15)16(23)11-26-18-19-17(20-21-18)14-6-4-3-5-7-14/h3-7,13,15H,8-12H2,1-2H3,(H,19,20,21)/t15-/m0/s1. The highest BCUT2D eigenvalue weighted by atomic mass is 32.2. The van der Waals surface area contributed by atoms with Crippen LogP contribution in [0.1, 0.15) is 20.3 Å². The van der Waals surface area contributed by atoms with E-state index in [1.807, 2.05) is 44.2 Å². The lowest BCUT2D eigenvalue weighted by atomic mass is 10.1. The highest BCUT2D eigenvalue weighted by molar-refractivity contribution is 7.99. The first-order valence-electron chi connectivity index (χ1n) is 8.94. The Bertz CT molecular complexity index is 881. The molecule has 0 spiro atoms. The summed E-state index contributed by atoms with van der Waals surface area (Å²) in [6.45, 7) is 4.61. The van der Waals surface area contributed by atoms with Gasteiger partial charge in [0.1, 0.15) is 0 Å². The number of hydrogen-bond donors (Lipinski definition) is 1. The molecule has 0 aliphatic carbocycles. The van der Waals surface area contributed by atoms with Crippen LogP contribution in [-0.2, 0) is 14.6 Å². The first-order chi connectivity index (χ1) is 12.8. The van der Waals surface area contributed by atoms with Crippen LogP contribution in [0.4, 0.5) is 0 Å². The molecule has 146 valence electrons. The van der Waals surface area contributed by atoms with Gasteiger partial charge in [0.15, 0.2) is 15.7 Å². The molecule has 1 fully saturated rings. The molecule has 0 bridgehead atoms. The number of sulfone groups is 1. The minimum Gasteiger partial charge on any atom is -0.338 e. The van der Waals surface area contributed by atoms with E-state index in [0.717, 1.165) is 5.56 Å². The summed E-state index contributed by atoms with van der Waals surface area (Å²) in [7, 11) is -3.03. The van der Waals surface area contributed by atoms with Gasteiger partial charge in [0, 0.05) is 18.2 Å². The van der Waals surface area contributed by atoms with E-state index in [-0.39, 0.29) is 35.1 Å². The highest BCUT2D eigenvalue weighted by Crippen LogP contribution is 2.23. The van der Waals surface area contributed by atoms with Crippen LogP contribution in [0.15, 0.2) is 35.5 Å². The molecule has 0 unspecified atom stereocenters. The van der Waals surface area contributed by atoms with Gasteiger partial charge in [0.2, 0.25) is 11.1 Å². The van der Waals surface area contributed by atoms with Crippen molar-refractivity contribution in [3.63, 3.8) is 0 Å². The maximum absolute atomic E-state index is 12.8. The lowest BCUT2D eigenvalue weighted by Crippen LogP contribution is -2.44. The van der Waals surface area contributed by atoms with Crippen molar-refractivity contribution in [2.24, 2.45) is 5.92 Å². The predicted molar refractivity (Wildman–Crippen MR) is 106 cm³/mol. The third-order valence-corrected chi connectivity index (χ3v) is 6.95. The summed E-state index contributed by atoms with van der Waals surface area (Å²) in [5, 5.41) is 7.56. The number of carbonyl (C=O) groups is 1. The van der Waals surface area contributed by atoms with E-state index in [0.29, 0.717) is 23.9 Å². The molecule has 1 N–H and O–H groups in total. The zero-order chi connectivity index (χ0) is 19.4. The lowest BCUT2D eigenvalue weighted by Gasteiger charge is -2.29. The fraction of sp³-hybridized carbons (Fsp3) is 0.500. The number of nitrogens with one attached hydrogen (secondary N) is 1. The predicted octanol–water partition coefficient (Wildman–Crippen LogP) is 2.24. The highest BCUT2D eigenvalue weighted by Gasteiger charge is 2.34. The largest absolute Gasteiger partial charge is 0.338 e. The lowest BCUT2D eigenvalue weighted by molar-refractivity contribution is -0.130. The molecule has 1 atom stereocenters. The Morgan fingerprint density at radius 1 is 1.33 bits per heavy atom. The summed E-state index contributed by atoms with van der Waals surface area (Å²) in [5.41, 5.74) is 0.931. The SMILES string of the molecule is CC(C)CN(C(=O)CSc1n[nH]c(-c2ccccc2)n1)[C@H]1CCS(=O)(=O)C1. The first kappa shape index (κ1) is 19.9. The van der Waals surface area contributed by atoms with Gasteiger partial charge >= 0.3 is 0 Å². The van der Waals surface area contributed by atoms with Crippen LogP contribution in [-0.4, -0.2) is 64.3 Å². The topological polar surface area (TPSA) is 96.0 Å². The van der Waals surface area contributed by atoms with Gasteiger partial charge in [-0.3, -0.25) is 9.89 Å². The zero-order valence-electron chi connectivity index (χ0n) is 15.5. The average Bonchev–Trinajstić information content (AvgIpc) is 3.24. The van der Waals surface area contributed by atoms with E-state index < -0.39 is 9.84 Å². The van der Waals surface area contributed by atoms with Gasteiger partial charge < -0.3 is 4.90 Å². The van der Waals surface area contributed by atoms with Crippen molar-refractivity contribution >= 4 is 27.5 Å². The van der Waals surface area contributed by atoms with Crippen LogP contribution in [0.25, 0.3) is 11.4 Å². The minimum absolute atomic E-state index is 0.0644. The number of thioether (sulfide) groups is 1. The Kier molecular flexibility index (Phi) is 6.21. The van der Waals surface area contributed by atoms with Crippen molar-refractivity contribution in [3.05, 3.63) is 30.3 Å². The summed E-state index contributed by atoms with van der Waals surface area (Å²) < 4.78 is 23.6. The van der Waals surface area contributed by atoms with Crippen LogP contribution in [0, 0.1) is 5.92 Å². The molecule has 1 aliphatic heterocycles. The van der Waals surface area contributed by atoms with Crippen LogP contribution < -0.4 is 0 Å². The molecule has 1 aromatic heterocycles. The number of amides is 1. The third kappa shape index (κ3) is 5.32. The van der Waals surface area contributed by atoms with Crippen molar-refractivity contribution < 1.29 is 13.2 Å². The maximum atomic E-state index is 12.8. The number of aromatic nitrogens is 3. The average molecular weight is 409 g/mol. The second kappa shape index (κ2) is 8.43. The molecule has 7 nitrogen and oxygen atoms in total. The van der Waals surface area contributed by atoms with Gasteiger partial charge in [-0.1, -0.05) is 55.9 Å². The van der Waals surface area contributed by atoms with Gasteiger partial charge in [0.05, 0.1) is 17.3 Å². The fourth-order valence-corrected chi connectivity index (χ4v) is 5.53. The molecule has 27 heavy (non-hydrogen) atoms. The number of H-pyrrole nitrogens is 1.